The number of amides is 3. The van der Waals surface area contributed by atoms with Gasteiger partial charge in [0, 0.05) is 32.3 Å². The largest absolute Gasteiger partial charge is 0.465 e. The Labute approximate surface area is 393 Å². The number of halogens is 1. The van der Waals surface area contributed by atoms with Crippen LogP contribution >= 0.6 is 15.9 Å². The number of carbonyl (C=O) groups is 6. The van der Waals surface area contributed by atoms with Crippen molar-refractivity contribution >= 4 is 76.7 Å². The molecule has 3 amide bonds. The van der Waals surface area contributed by atoms with Gasteiger partial charge in [-0.05, 0) is 91.0 Å². The van der Waals surface area contributed by atoms with E-state index in [9.17, 15) is 28.8 Å². The average molecular weight is 965 g/mol. The first-order valence-corrected chi connectivity index (χ1v) is 24.3. The van der Waals surface area contributed by atoms with Gasteiger partial charge in [0.05, 0.1) is 55.1 Å². The summed E-state index contributed by atoms with van der Waals surface area (Å²) < 4.78 is 15.0. The molecule has 0 bridgehead atoms. The van der Waals surface area contributed by atoms with Crippen molar-refractivity contribution in [2.24, 2.45) is 0 Å². The van der Waals surface area contributed by atoms with Gasteiger partial charge in [0.1, 0.15) is 8.07 Å². The number of terminal acetylenes is 1. The summed E-state index contributed by atoms with van der Waals surface area (Å²) in [5.74, 6) is 3.15. The van der Waals surface area contributed by atoms with Gasteiger partial charge in [-0.15, -0.1) is 12.0 Å². The highest BCUT2D eigenvalue weighted by Gasteiger charge is 2.18. The van der Waals surface area contributed by atoms with Crippen molar-refractivity contribution in [1.82, 2.24) is 0 Å². The molecule has 66 heavy (non-hydrogen) atoms. The molecule has 0 radical (unpaired) electrons. The van der Waals surface area contributed by atoms with Crippen LogP contribution in [-0.2, 0) is 14.2 Å². The van der Waals surface area contributed by atoms with Gasteiger partial charge < -0.3 is 30.2 Å². The molecule has 0 fully saturated rings. The van der Waals surface area contributed by atoms with Crippen molar-refractivity contribution in [3.8, 4) is 23.8 Å². The lowest BCUT2D eigenvalue weighted by Gasteiger charge is -2.11. The fourth-order valence-corrected chi connectivity index (χ4v) is 6.44. The van der Waals surface area contributed by atoms with Gasteiger partial charge >= 0.3 is 17.9 Å². The molecule has 0 heterocycles. The predicted molar refractivity (Wildman–Crippen MR) is 262 cm³/mol. The van der Waals surface area contributed by atoms with Crippen LogP contribution in [0.3, 0.4) is 0 Å². The maximum Gasteiger partial charge on any atom is 0.339 e. The summed E-state index contributed by atoms with van der Waals surface area (Å²) in [5.41, 5.74) is 8.07. The molecule has 6 aromatic rings. The highest BCUT2D eigenvalue weighted by atomic mass is 79.9. The SMILES string of the molecule is C#Cc1ccc(C(=O)OC)c(NC(=O)c2ccccc2)c1.COC(=O)c1ccc(Br)cc1NC(=O)c1ccccc1.COC(=O)c1ccc(C#C[Si](C)(C)C)cc1NC(=O)c1ccccc1. The molecule has 6 aromatic carbocycles. The molecule has 14 heteroatoms. The first kappa shape index (κ1) is 50.6. The zero-order valence-corrected chi connectivity index (χ0v) is 39.6. The van der Waals surface area contributed by atoms with E-state index >= 15 is 0 Å². The summed E-state index contributed by atoms with van der Waals surface area (Å²) in [4.78, 5) is 72.1. The Bertz CT molecular complexity index is 2810. The number of anilines is 3. The number of rotatable bonds is 9. The standard InChI is InChI=1S/C20H21NO3Si.C17H13NO3.C15H12BrNO3/c1-24-20(23)17-11-10-15(12-13-25(2,3)4)14-18(17)21-19(22)16-8-6-5-7-9-16;1-3-12-9-10-14(17(20)21-2)15(11-12)18-16(19)13-7-5-4-6-8-13;1-20-15(19)12-8-7-11(16)9-13(12)17-14(18)10-5-3-2-4-6-10/h5-11,14H,1-4H3,(H,21,22);1,4-11H,2H3,(H,18,19);2-9H,1H3,(H,17,18). The Kier molecular flexibility index (Phi) is 18.9. The minimum Gasteiger partial charge on any atom is -0.465 e. The van der Waals surface area contributed by atoms with E-state index in [1.165, 1.54) is 27.4 Å². The van der Waals surface area contributed by atoms with E-state index in [1.807, 2.05) is 18.2 Å². The molecule has 334 valence electrons. The number of nitrogens with one attached hydrogen (secondary N) is 3. The normalized spacial score (nSPS) is 9.97. The van der Waals surface area contributed by atoms with E-state index < -0.39 is 26.0 Å². The van der Waals surface area contributed by atoms with Crippen LogP contribution in [0.15, 0.2) is 150 Å². The Morgan fingerprint density at radius 3 is 1.17 bits per heavy atom. The van der Waals surface area contributed by atoms with Crippen LogP contribution in [0.2, 0.25) is 19.6 Å². The zero-order chi connectivity index (χ0) is 48.2. The van der Waals surface area contributed by atoms with E-state index in [0.29, 0.717) is 50.4 Å². The van der Waals surface area contributed by atoms with Crippen LogP contribution in [0.1, 0.15) is 73.3 Å². The Morgan fingerprint density at radius 1 is 0.485 bits per heavy atom. The molecule has 0 saturated heterocycles. The smallest absolute Gasteiger partial charge is 0.339 e. The monoisotopic (exact) mass is 963 g/mol. The fraction of sp³-hybridized carbons (Fsp3) is 0.115. The van der Waals surface area contributed by atoms with Crippen LogP contribution in [0.25, 0.3) is 0 Å². The van der Waals surface area contributed by atoms with Crippen LogP contribution in [-0.4, -0.2) is 65.0 Å². The number of hydrogen-bond acceptors (Lipinski definition) is 9. The van der Waals surface area contributed by atoms with Crippen molar-refractivity contribution in [2.45, 2.75) is 19.6 Å². The number of carbonyl (C=O) groups excluding carboxylic acids is 6. The summed E-state index contributed by atoms with van der Waals surface area (Å²) in [6, 6.07) is 41.1. The predicted octanol–water partition coefficient (Wildman–Crippen LogP) is 10.1. The third kappa shape index (κ3) is 15.3. The zero-order valence-electron chi connectivity index (χ0n) is 37.0. The third-order valence-electron chi connectivity index (χ3n) is 8.84. The van der Waals surface area contributed by atoms with Crippen LogP contribution in [0.4, 0.5) is 17.1 Å². The molecular formula is C52H46BrN3O9Si. The fourth-order valence-electron chi connectivity index (χ4n) is 5.56. The molecule has 0 atom stereocenters. The minimum atomic E-state index is -1.52. The molecular weight excluding hydrogens is 919 g/mol. The highest BCUT2D eigenvalue weighted by Crippen LogP contribution is 2.24. The molecule has 0 aliphatic rings. The summed E-state index contributed by atoms with van der Waals surface area (Å²) in [7, 11) is 2.36. The summed E-state index contributed by atoms with van der Waals surface area (Å²) in [5, 5.41) is 8.18. The molecule has 12 nitrogen and oxygen atoms in total. The summed E-state index contributed by atoms with van der Waals surface area (Å²) >= 11 is 3.31. The molecule has 0 aliphatic heterocycles. The van der Waals surface area contributed by atoms with Crippen LogP contribution in [0, 0.1) is 23.8 Å². The second kappa shape index (κ2) is 24.7. The van der Waals surface area contributed by atoms with Gasteiger partial charge in [0.2, 0.25) is 0 Å². The van der Waals surface area contributed by atoms with Gasteiger partial charge in [-0.1, -0.05) is 102 Å². The second-order valence-corrected chi connectivity index (χ2v) is 20.5. The number of benzene rings is 6. The minimum absolute atomic E-state index is 0.251. The molecule has 0 spiro atoms. The number of methoxy groups -OCH3 is 3. The molecule has 3 N–H and O–H groups in total. The second-order valence-electron chi connectivity index (χ2n) is 14.8. The highest BCUT2D eigenvalue weighted by molar-refractivity contribution is 9.10. The first-order valence-electron chi connectivity index (χ1n) is 20.0. The van der Waals surface area contributed by atoms with Crippen molar-refractivity contribution in [2.75, 3.05) is 37.3 Å². The van der Waals surface area contributed by atoms with Gasteiger partial charge in [-0.25, -0.2) is 14.4 Å². The molecule has 0 saturated carbocycles. The van der Waals surface area contributed by atoms with Gasteiger partial charge in [-0.2, -0.15) is 0 Å². The molecule has 0 aromatic heterocycles. The van der Waals surface area contributed by atoms with Crippen LogP contribution in [0.5, 0.6) is 0 Å². The average Bonchev–Trinajstić information content (AvgIpc) is 3.33. The Morgan fingerprint density at radius 2 is 0.818 bits per heavy atom. The van der Waals surface area contributed by atoms with Gasteiger partial charge in [-0.3, -0.25) is 14.4 Å². The van der Waals surface area contributed by atoms with Crippen molar-refractivity contribution in [1.29, 1.82) is 0 Å². The molecule has 0 aliphatic carbocycles. The molecule has 0 unspecified atom stereocenters. The topological polar surface area (TPSA) is 166 Å². The van der Waals surface area contributed by atoms with Gasteiger partial charge in [0.15, 0.2) is 0 Å². The summed E-state index contributed by atoms with van der Waals surface area (Å²) in [6.45, 7) is 6.46. The van der Waals surface area contributed by atoms with Crippen molar-refractivity contribution in [3.63, 3.8) is 0 Å². The first-order chi connectivity index (χ1) is 31.6. The lowest BCUT2D eigenvalue weighted by Crippen LogP contribution is -2.17. The quantitative estimate of drug-likeness (QED) is 0.0553. The van der Waals surface area contributed by atoms with E-state index in [4.69, 9.17) is 20.6 Å². The Hall–Kier alpha value is -8.04. The van der Waals surface area contributed by atoms with Crippen molar-refractivity contribution in [3.05, 3.63) is 195 Å². The van der Waals surface area contributed by atoms with E-state index in [-0.39, 0.29) is 23.3 Å². The lowest BCUT2D eigenvalue weighted by molar-refractivity contribution is 0.0592. The lowest BCUT2D eigenvalue weighted by atomic mass is 10.1. The van der Waals surface area contributed by atoms with Gasteiger partial charge in [0.25, 0.3) is 17.7 Å². The number of ether oxygens (including phenoxy) is 3. The maximum absolute atomic E-state index is 12.4. The third-order valence-corrected chi connectivity index (χ3v) is 10.2. The van der Waals surface area contributed by atoms with E-state index in [0.717, 1.165) is 10.0 Å². The van der Waals surface area contributed by atoms with E-state index in [1.54, 1.807) is 121 Å². The van der Waals surface area contributed by atoms with E-state index in [2.05, 4.69) is 68.9 Å². The van der Waals surface area contributed by atoms with Crippen molar-refractivity contribution < 1.29 is 43.0 Å². The Balaban J connectivity index is 0.000000218. The summed E-state index contributed by atoms with van der Waals surface area (Å²) in [6.07, 6.45) is 5.34. The maximum atomic E-state index is 12.4. The van der Waals surface area contributed by atoms with Crippen LogP contribution < -0.4 is 16.0 Å². The number of hydrogen-bond donors (Lipinski definition) is 3. The molecule has 6 rings (SSSR count). The number of esters is 3.